The first-order valence-electron chi connectivity index (χ1n) is 5.73. The molecule has 1 aromatic carbocycles. The second-order valence-electron chi connectivity index (χ2n) is 4.11. The van der Waals surface area contributed by atoms with Gasteiger partial charge in [-0.15, -0.1) is 11.6 Å². The van der Waals surface area contributed by atoms with Crippen LogP contribution in [0.3, 0.4) is 0 Å². The van der Waals surface area contributed by atoms with Crippen molar-refractivity contribution in [3.63, 3.8) is 0 Å². The van der Waals surface area contributed by atoms with Crippen molar-refractivity contribution in [2.75, 3.05) is 0 Å². The van der Waals surface area contributed by atoms with Gasteiger partial charge in [-0.05, 0) is 11.1 Å². The Labute approximate surface area is 120 Å². The molecule has 0 aliphatic heterocycles. The van der Waals surface area contributed by atoms with E-state index in [1.54, 1.807) is 6.33 Å². The highest BCUT2D eigenvalue weighted by atomic mass is 35.5. The van der Waals surface area contributed by atoms with Crippen LogP contribution >= 0.6 is 23.2 Å². The molecule has 0 unspecified atom stereocenters. The second-order valence-corrected chi connectivity index (χ2v) is 4.74. The van der Waals surface area contributed by atoms with Crippen molar-refractivity contribution in [3.05, 3.63) is 53.2 Å². The van der Waals surface area contributed by atoms with Crippen LogP contribution in [0.1, 0.15) is 11.1 Å². The summed E-state index contributed by atoms with van der Waals surface area (Å²) in [7, 11) is 0. The van der Waals surface area contributed by atoms with Gasteiger partial charge in [0.25, 0.3) is 0 Å². The van der Waals surface area contributed by atoms with E-state index in [2.05, 4.69) is 15.0 Å². The van der Waals surface area contributed by atoms with Gasteiger partial charge in [0.2, 0.25) is 0 Å². The van der Waals surface area contributed by atoms with Gasteiger partial charge in [0.05, 0.1) is 12.9 Å². The van der Waals surface area contributed by atoms with Crippen LogP contribution in [-0.4, -0.2) is 19.5 Å². The maximum Gasteiger partial charge on any atom is 0.165 e. The predicted molar refractivity (Wildman–Crippen MR) is 75.4 cm³/mol. The van der Waals surface area contributed by atoms with Crippen LogP contribution in [0, 0.1) is 0 Å². The van der Waals surface area contributed by atoms with Gasteiger partial charge >= 0.3 is 0 Å². The van der Waals surface area contributed by atoms with E-state index in [1.807, 2.05) is 28.8 Å². The van der Waals surface area contributed by atoms with Crippen molar-refractivity contribution in [1.82, 2.24) is 19.5 Å². The monoisotopic (exact) mass is 292 g/mol. The van der Waals surface area contributed by atoms with E-state index >= 15 is 0 Å². The standard InChI is InChI=1S/C13H10Cl2N4/c14-5-9-3-1-2-4-10(9)6-19-8-18-11-12(15)16-7-17-13(11)19/h1-4,7-8H,5-6H2. The number of alkyl halides is 1. The molecule has 0 aliphatic carbocycles. The molecule has 96 valence electrons. The highest BCUT2D eigenvalue weighted by Crippen LogP contribution is 2.19. The fraction of sp³-hybridized carbons (Fsp3) is 0.154. The van der Waals surface area contributed by atoms with Gasteiger partial charge in [-0.1, -0.05) is 35.9 Å². The maximum atomic E-state index is 5.98. The van der Waals surface area contributed by atoms with Crippen molar-refractivity contribution >= 4 is 34.4 Å². The summed E-state index contributed by atoms with van der Waals surface area (Å²) in [6.07, 6.45) is 3.16. The van der Waals surface area contributed by atoms with E-state index in [9.17, 15) is 0 Å². The molecule has 0 fully saturated rings. The Hall–Kier alpha value is -1.65. The lowest BCUT2D eigenvalue weighted by Gasteiger charge is -2.08. The largest absolute Gasteiger partial charge is 0.311 e. The third-order valence-corrected chi connectivity index (χ3v) is 3.52. The molecule has 2 heterocycles. The van der Waals surface area contributed by atoms with Gasteiger partial charge in [-0.2, -0.15) is 0 Å². The number of hydrogen-bond acceptors (Lipinski definition) is 3. The summed E-state index contributed by atoms with van der Waals surface area (Å²) >= 11 is 11.9. The van der Waals surface area contributed by atoms with Crippen molar-refractivity contribution < 1.29 is 0 Å². The highest BCUT2D eigenvalue weighted by molar-refractivity contribution is 6.33. The minimum atomic E-state index is 0.370. The predicted octanol–water partition coefficient (Wildman–Crippen LogP) is 3.27. The Bertz CT molecular complexity index is 723. The average Bonchev–Trinajstić information content (AvgIpc) is 2.84. The Morgan fingerprint density at radius 2 is 1.84 bits per heavy atom. The van der Waals surface area contributed by atoms with Crippen LogP contribution < -0.4 is 0 Å². The summed E-state index contributed by atoms with van der Waals surface area (Å²) in [5.74, 6) is 0.485. The van der Waals surface area contributed by atoms with Crippen LogP contribution in [0.2, 0.25) is 5.15 Å². The quantitative estimate of drug-likeness (QED) is 0.550. The number of halogens is 2. The van der Waals surface area contributed by atoms with Crippen LogP contribution in [0.5, 0.6) is 0 Å². The first-order valence-corrected chi connectivity index (χ1v) is 6.65. The minimum absolute atomic E-state index is 0.370. The fourth-order valence-electron chi connectivity index (χ4n) is 1.99. The lowest BCUT2D eigenvalue weighted by Crippen LogP contribution is -2.02. The van der Waals surface area contributed by atoms with Crippen molar-refractivity contribution in [2.24, 2.45) is 0 Å². The van der Waals surface area contributed by atoms with E-state index in [0.29, 0.717) is 23.1 Å². The van der Waals surface area contributed by atoms with E-state index in [1.165, 1.54) is 6.33 Å². The summed E-state index contributed by atoms with van der Waals surface area (Å²) in [6.45, 7) is 0.659. The third-order valence-electron chi connectivity index (χ3n) is 2.96. The lowest BCUT2D eigenvalue weighted by molar-refractivity contribution is 0.806. The molecule has 4 nitrogen and oxygen atoms in total. The van der Waals surface area contributed by atoms with E-state index in [-0.39, 0.29) is 0 Å². The zero-order chi connectivity index (χ0) is 13.2. The van der Waals surface area contributed by atoms with Gasteiger partial charge in [-0.3, -0.25) is 0 Å². The molecule has 0 radical (unpaired) electrons. The molecule has 0 spiro atoms. The molecule has 0 amide bonds. The van der Waals surface area contributed by atoms with Crippen LogP contribution in [0.25, 0.3) is 11.2 Å². The fourth-order valence-corrected chi connectivity index (χ4v) is 2.43. The molecule has 3 aromatic rings. The smallest absolute Gasteiger partial charge is 0.165 e. The normalized spacial score (nSPS) is 11.1. The number of hydrogen-bond donors (Lipinski definition) is 0. The van der Waals surface area contributed by atoms with E-state index in [4.69, 9.17) is 23.2 Å². The first-order chi connectivity index (χ1) is 9.29. The number of nitrogens with zero attached hydrogens (tertiary/aromatic N) is 4. The minimum Gasteiger partial charge on any atom is -0.311 e. The van der Waals surface area contributed by atoms with Crippen molar-refractivity contribution in [1.29, 1.82) is 0 Å². The maximum absolute atomic E-state index is 5.98. The van der Waals surface area contributed by atoms with E-state index < -0.39 is 0 Å². The highest BCUT2D eigenvalue weighted by Gasteiger charge is 2.09. The summed E-state index contributed by atoms with van der Waals surface area (Å²) in [5.41, 5.74) is 3.59. The molecule has 0 saturated carbocycles. The molecule has 2 aromatic heterocycles. The van der Waals surface area contributed by atoms with Crippen molar-refractivity contribution in [2.45, 2.75) is 12.4 Å². The summed E-state index contributed by atoms with van der Waals surface area (Å²) in [5, 5.41) is 0.370. The molecule has 0 atom stereocenters. The van der Waals surface area contributed by atoms with Gasteiger partial charge in [0.15, 0.2) is 10.8 Å². The SMILES string of the molecule is ClCc1ccccc1Cn1cnc2c(Cl)ncnc21. The molecule has 6 heteroatoms. The molecular weight excluding hydrogens is 283 g/mol. The Morgan fingerprint density at radius 1 is 1.05 bits per heavy atom. The van der Waals surface area contributed by atoms with Gasteiger partial charge < -0.3 is 4.57 Å². The van der Waals surface area contributed by atoms with E-state index in [0.717, 1.165) is 16.8 Å². The summed E-state index contributed by atoms with van der Waals surface area (Å²) in [4.78, 5) is 12.4. The second kappa shape index (κ2) is 5.15. The number of fused-ring (bicyclic) bond motifs is 1. The van der Waals surface area contributed by atoms with Crippen LogP contribution in [0.4, 0.5) is 0 Å². The molecule has 0 aliphatic rings. The van der Waals surface area contributed by atoms with Gasteiger partial charge in [0.1, 0.15) is 11.8 Å². The molecular formula is C13H10Cl2N4. The first kappa shape index (κ1) is 12.4. The number of rotatable bonds is 3. The van der Waals surface area contributed by atoms with Gasteiger partial charge in [0, 0.05) is 5.88 Å². The Morgan fingerprint density at radius 3 is 2.63 bits per heavy atom. The number of aromatic nitrogens is 4. The summed E-state index contributed by atoms with van der Waals surface area (Å²) in [6, 6.07) is 8.04. The van der Waals surface area contributed by atoms with Crippen LogP contribution in [-0.2, 0) is 12.4 Å². The molecule has 3 rings (SSSR count). The molecule has 0 N–H and O–H groups in total. The summed E-state index contributed by atoms with van der Waals surface area (Å²) < 4.78 is 1.94. The Balaban J connectivity index is 2.04. The zero-order valence-corrected chi connectivity index (χ0v) is 11.4. The average molecular weight is 293 g/mol. The molecule has 0 bridgehead atoms. The van der Waals surface area contributed by atoms with Crippen molar-refractivity contribution in [3.8, 4) is 0 Å². The third kappa shape index (κ3) is 2.29. The van der Waals surface area contributed by atoms with Gasteiger partial charge in [-0.25, -0.2) is 15.0 Å². The Kier molecular flexibility index (Phi) is 3.36. The zero-order valence-electron chi connectivity index (χ0n) is 9.92. The number of benzene rings is 1. The topological polar surface area (TPSA) is 43.6 Å². The lowest BCUT2D eigenvalue weighted by atomic mass is 10.1. The number of imidazole rings is 1. The molecule has 19 heavy (non-hydrogen) atoms. The van der Waals surface area contributed by atoms with Crippen LogP contribution in [0.15, 0.2) is 36.9 Å². The molecule has 0 saturated heterocycles.